The van der Waals surface area contributed by atoms with Crippen LogP contribution in [0.25, 0.3) is 0 Å². The maximum absolute atomic E-state index is 11.8. The second-order valence-corrected chi connectivity index (χ2v) is 4.86. The highest BCUT2D eigenvalue weighted by Gasteiger charge is 2.10. The van der Waals surface area contributed by atoms with Gasteiger partial charge in [0.2, 0.25) is 0 Å². The van der Waals surface area contributed by atoms with E-state index in [1.54, 1.807) is 6.92 Å². The maximum atomic E-state index is 11.8. The lowest BCUT2D eigenvalue weighted by atomic mass is 10.0. The van der Waals surface area contributed by atoms with Crippen LogP contribution >= 0.6 is 0 Å². The van der Waals surface area contributed by atoms with Crippen LogP contribution in [0.3, 0.4) is 0 Å². The summed E-state index contributed by atoms with van der Waals surface area (Å²) in [5.74, 6) is -1.14. The molecule has 0 saturated heterocycles. The Kier molecular flexibility index (Phi) is 6.71. The summed E-state index contributed by atoms with van der Waals surface area (Å²) in [4.78, 5) is 27.4. The first-order valence-corrected chi connectivity index (χ1v) is 7.67. The van der Waals surface area contributed by atoms with E-state index in [9.17, 15) is 9.59 Å². The summed E-state index contributed by atoms with van der Waals surface area (Å²) in [5, 5.41) is 0. The molecule has 0 saturated carbocycles. The van der Waals surface area contributed by atoms with Crippen molar-refractivity contribution in [2.45, 2.75) is 6.92 Å². The first kappa shape index (κ1) is 17.4. The number of benzene rings is 2. The number of aliphatic imine (C=N–C) groups is 1. The van der Waals surface area contributed by atoms with Crippen molar-refractivity contribution in [3.63, 3.8) is 0 Å². The van der Waals surface area contributed by atoms with Gasteiger partial charge in [0.25, 0.3) is 0 Å². The number of hydrogen-bond donors (Lipinski definition) is 0. The largest absolute Gasteiger partial charge is 0.463 e. The number of ether oxygens (including phenoxy) is 2. The third-order valence-electron chi connectivity index (χ3n) is 3.12. The summed E-state index contributed by atoms with van der Waals surface area (Å²) in [5.41, 5.74) is 2.51. The van der Waals surface area contributed by atoms with Crippen LogP contribution in [0.15, 0.2) is 65.7 Å². The second kappa shape index (κ2) is 9.25. The third-order valence-corrected chi connectivity index (χ3v) is 3.12. The highest BCUT2D eigenvalue weighted by molar-refractivity contribution is 6.13. The van der Waals surface area contributed by atoms with Gasteiger partial charge in [-0.25, -0.2) is 4.79 Å². The van der Waals surface area contributed by atoms with Gasteiger partial charge in [-0.1, -0.05) is 60.7 Å². The molecule has 2 rings (SSSR count). The highest BCUT2D eigenvalue weighted by atomic mass is 16.6. The Balaban J connectivity index is 2.09. The van der Waals surface area contributed by atoms with Gasteiger partial charge in [0.05, 0.1) is 12.3 Å². The van der Waals surface area contributed by atoms with Crippen LogP contribution < -0.4 is 0 Å². The van der Waals surface area contributed by atoms with Crippen molar-refractivity contribution in [1.82, 2.24) is 0 Å². The van der Waals surface area contributed by atoms with Gasteiger partial charge in [-0.2, -0.15) is 0 Å². The zero-order valence-electron chi connectivity index (χ0n) is 13.5. The molecule has 24 heavy (non-hydrogen) atoms. The third kappa shape index (κ3) is 5.35. The fraction of sp³-hybridized carbons (Fsp3) is 0.211. The van der Waals surface area contributed by atoms with Crippen molar-refractivity contribution in [3.05, 3.63) is 71.8 Å². The van der Waals surface area contributed by atoms with Crippen molar-refractivity contribution in [3.8, 4) is 0 Å². The number of carbonyl (C=O) groups excluding carboxylic acids is 2. The summed E-state index contributed by atoms with van der Waals surface area (Å²) in [6, 6.07) is 19.2. The fourth-order valence-electron chi connectivity index (χ4n) is 2.07. The van der Waals surface area contributed by atoms with Crippen LogP contribution in [0.4, 0.5) is 0 Å². The number of rotatable bonds is 7. The normalized spacial score (nSPS) is 9.88. The maximum Gasteiger partial charge on any atom is 0.344 e. The van der Waals surface area contributed by atoms with Gasteiger partial charge in [-0.3, -0.25) is 9.79 Å². The Morgan fingerprint density at radius 3 is 1.88 bits per heavy atom. The molecule has 0 N–H and O–H groups in total. The first-order valence-electron chi connectivity index (χ1n) is 7.67. The average Bonchev–Trinajstić information content (AvgIpc) is 2.62. The smallest absolute Gasteiger partial charge is 0.344 e. The van der Waals surface area contributed by atoms with Crippen LogP contribution in [0, 0.1) is 0 Å². The van der Waals surface area contributed by atoms with Crippen molar-refractivity contribution in [2.75, 3.05) is 19.8 Å². The molecule has 0 aliphatic carbocycles. The molecule has 0 aromatic heterocycles. The van der Waals surface area contributed by atoms with Crippen LogP contribution in [0.1, 0.15) is 18.1 Å². The van der Waals surface area contributed by atoms with E-state index < -0.39 is 18.5 Å². The Morgan fingerprint density at radius 2 is 1.38 bits per heavy atom. The topological polar surface area (TPSA) is 65.0 Å². The van der Waals surface area contributed by atoms with E-state index in [2.05, 4.69) is 4.99 Å². The fourth-order valence-corrected chi connectivity index (χ4v) is 2.07. The van der Waals surface area contributed by atoms with E-state index in [1.165, 1.54) is 0 Å². The number of esters is 2. The number of nitrogens with zero attached hydrogens (tertiary/aromatic N) is 1. The lowest BCUT2D eigenvalue weighted by Crippen LogP contribution is -2.18. The molecule has 2 aromatic rings. The van der Waals surface area contributed by atoms with E-state index in [1.807, 2.05) is 60.7 Å². The zero-order valence-corrected chi connectivity index (χ0v) is 13.5. The molecule has 0 heterocycles. The SMILES string of the molecule is CCOC(=O)COC(=O)CN=C(c1ccccc1)c1ccccc1. The van der Waals surface area contributed by atoms with Crippen LogP contribution in [-0.4, -0.2) is 37.4 Å². The van der Waals surface area contributed by atoms with Crippen LogP contribution in [0.5, 0.6) is 0 Å². The number of hydrogen-bond acceptors (Lipinski definition) is 5. The molecule has 0 amide bonds. The average molecular weight is 325 g/mol. The molecule has 2 aromatic carbocycles. The molecule has 0 aliphatic rings. The zero-order chi connectivity index (χ0) is 17.2. The van der Waals surface area contributed by atoms with Crippen LogP contribution in [0.2, 0.25) is 0 Å². The molecule has 0 bridgehead atoms. The van der Waals surface area contributed by atoms with Crippen molar-refractivity contribution in [1.29, 1.82) is 0 Å². The molecule has 0 atom stereocenters. The summed E-state index contributed by atoms with van der Waals surface area (Å²) >= 11 is 0. The summed E-state index contributed by atoms with van der Waals surface area (Å²) in [6.45, 7) is 1.38. The van der Waals surface area contributed by atoms with E-state index in [0.29, 0.717) is 5.71 Å². The van der Waals surface area contributed by atoms with Crippen molar-refractivity contribution in [2.24, 2.45) is 4.99 Å². The molecular weight excluding hydrogens is 306 g/mol. The predicted octanol–water partition coefficient (Wildman–Crippen LogP) is 2.63. The molecule has 0 unspecified atom stereocenters. The van der Waals surface area contributed by atoms with Crippen molar-refractivity contribution >= 4 is 17.7 Å². The molecule has 5 nitrogen and oxygen atoms in total. The molecule has 5 heteroatoms. The highest BCUT2D eigenvalue weighted by Crippen LogP contribution is 2.11. The Hall–Kier alpha value is -2.95. The summed E-state index contributed by atoms with van der Waals surface area (Å²) < 4.78 is 9.56. The second-order valence-electron chi connectivity index (χ2n) is 4.86. The summed E-state index contributed by atoms with van der Waals surface area (Å²) in [7, 11) is 0. The Labute approximate surface area is 140 Å². The lowest BCUT2D eigenvalue weighted by Gasteiger charge is -2.08. The molecule has 0 spiro atoms. The molecular formula is C19H19NO4. The van der Waals surface area contributed by atoms with Gasteiger partial charge >= 0.3 is 11.9 Å². The lowest BCUT2D eigenvalue weighted by molar-refractivity contribution is -0.157. The first-order chi connectivity index (χ1) is 11.7. The molecule has 124 valence electrons. The van der Waals surface area contributed by atoms with Gasteiger partial charge in [0.15, 0.2) is 6.61 Å². The molecule has 0 fully saturated rings. The predicted molar refractivity (Wildman–Crippen MR) is 91.0 cm³/mol. The Bertz CT molecular complexity index is 654. The summed E-state index contributed by atoms with van der Waals surface area (Å²) in [6.07, 6.45) is 0. The van der Waals surface area contributed by atoms with Gasteiger partial charge in [0, 0.05) is 11.1 Å². The van der Waals surface area contributed by atoms with Gasteiger partial charge in [-0.05, 0) is 6.92 Å². The molecule has 0 aliphatic heterocycles. The van der Waals surface area contributed by atoms with E-state index in [0.717, 1.165) is 11.1 Å². The van der Waals surface area contributed by atoms with Crippen LogP contribution in [-0.2, 0) is 19.1 Å². The van der Waals surface area contributed by atoms with Gasteiger partial charge in [-0.15, -0.1) is 0 Å². The van der Waals surface area contributed by atoms with E-state index >= 15 is 0 Å². The van der Waals surface area contributed by atoms with Gasteiger partial charge < -0.3 is 9.47 Å². The van der Waals surface area contributed by atoms with E-state index in [4.69, 9.17) is 9.47 Å². The molecule has 0 radical (unpaired) electrons. The standard InChI is InChI=1S/C19H19NO4/c1-2-23-18(22)14-24-17(21)13-20-19(15-9-5-3-6-10-15)16-11-7-4-8-12-16/h3-12H,2,13-14H2,1H3. The van der Waals surface area contributed by atoms with Crippen molar-refractivity contribution < 1.29 is 19.1 Å². The minimum atomic E-state index is -0.576. The quantitative estimate of drug-likeness (QED) is 0.580. The Morgan fingerprint density at radius 1 is 0.833 bits per heavy atom. The number of carbonyl (C=O) groups is 2. The van der Waals surface area contributed by atoms with Gasteiger partial charge in [0.1, 0.15) is 6.54 Å². The monoisotopic (exact) mass is 325 g/mol. The minimum Gasteiger partial charge on any atom is -0.463 e. The minimum absolute atomic E-state index is 0.168. The van der Waals surface area contributed by atoms with E-state index in [-0.39, 0.29) is 13.2 Å².